The van der Waals surface area contributed by atoms with Gasteiger partial charge in [0.15, 0.2) is 6.29 Å². The molecule has 14 heavy (non-hydrogen) atoms. The van der Waals surface area contributed by atoms with Crippen LogP contribution in [0, 0.1) is 0 Å². The third-order valence-electron chi connectivity index (χ3n) is 2.36. The number of hydrogen-bond donors (Lipinski definition) is 0. The summed E-state index contributed by atoms with van der Waals surface area (Å²) in [6.45, 7) is 1.76. The van der Waals surface area contributed by atoms with Crippen LogP contribution in [-0.2, 0) is 9.47 Å². The third kappa shape index (κ3) is 6.34. The Kier molecular flexibility index (Phi) is 8.37. The zero-order chi connectivity index (χ0) is 10.1. The summed E-state index contributed by atoms with van der Waals surface area (Å²) in [5.74, 6) is 0. The maximum Gasteiger partial charge on any atom is 0.157 e. The van der Waals surface area contributed by atoms with Crippen LogP contribution in [0.25, 0.3) is 0 Å². The van der Waals surface area contributed by atoms with Gasteiger partial charge in [-0.05, 0) is 38.3 Å². The Balaban J connectivity index is 1.82. The zero-order valence-electron chi connectivity index (χ0n) is 8.64. The minimum atomic E-state index is 0.0989. The number of rotatable bonds is 7. The SMILES string of the molecule is BrPCCCCCOC1CCCCO1. The van der Waals surface area contributed by atoms with Crippen molar-refractivity contribution >= 4 is 22.8 Å². The zero-order valence-corrected chi connectivity index (χ0v) is 11.2. The molecule has 1 rings (SSSR count). The van der Waals surface area contributed by atoms with E-state index in [-0.39, 0.29) is 6.29 Å². The van der Waals surface area contributed by atoms with E-state index < -0.39 is 0 Å². The van der Waals surface area contributed by atoms with E-state index >= 15 is 0 Å². The van der Waals surface area contributed by atoms with E-state index in [1.807, 2.05) is 0 Å². The van der Waals surface area contributed by atoms with Gasteiger partial charge in [-0.1, -0.05) is 29.2 Å². The Bertz CT molecular complexity index is 129. The van der Waals surface area contributed by atoms with Gasteiger partial charge >= 0.3 is 0 Å². The summed E-state index contributed by atoms with van der Waals surface area (Å²) >= 11 is 3.46. The molecule has 0 aliphatic carbocycles. The molecule has 4 heteroatoms. The third-order valence-corrected chi connectivity index (χ3v) is 4.09. The highest BCUT2D eigenvalue weighted by atomic mass is 79.9. The summed E-state index contributed by atoms with van der Waals surface area (Å²) in [5, 5.41) is 0. The lowest BCUT2D eigenvalue weighted by molar-refractivity contribution is -0.162. The highest BCUT2D eigenvalue weighted by molar-refractivity contribution is 9.36. The molecule has 0 saturated carbocycles. The van der Waals surface area contributed by atoms with Crippen LogP contribution in [0.2, 0.25) is 0 Å². The summed E-state index contributed by atoms with van der Waals surface area (Å²) in [6, 6.07) is 0. The molecule has 2 atom stereocenters. The number of ether oxygens (including phenoxy) is 2. The van der Waals surface area contributed by atoms with Gasteiger partial charge in [0.05, 0.1) is 0 Å². The van der Waals surface area contributed by atoms with Crippen molar-refractivity contribution in [2.75, 3.05) is 19.4 Å². The molecule has 1 aliphatic rings. The van der Waals surface area contributed by atoms with E-state index in [9.17, 15) is 0 Å². The van der Waals surface area contributed by atoms with Crippen LogP contribution >= 0.6 is 22.8 Å². The van der Waals surface area contributed by atoms with E-state index in [0.717, 1.165) is 26.9 Å². The normalized spacial score (nSPS) is 23.4. The monoisotopic (exact) mass is 282 g/mol. The molecule has 1 fully saturated rings. The van der Waals surface area contributed by atoms with Gasteiger partial charge in [-0.3, -0.25) is 0 Å². The van der Waals surface area contributed by atoms with Crippen LogP contribution < -0.4 is 0 Å². The number of hydrogen-bond acceptors (Lipinski definition) is 2. The van der Waals surface area contributed by atoms with E-state index in [0.29, 0.717) is 0 Å². The molecule has 0 aromatic carbocycles. The predicted octanol–water partition coefficient (Wildman–Crippen LogP) is 3.69. The lowest BCUT2D eigenvalue weighted by Crippen LogP contribution is -2.22. The van der Waals surface area contributed by atoms with E-state index in [1.54, 1.807) is 0 Å². The molecule has 2 nitrogen and oxygen atoms in total. The first-order chi connectivity index (χ1) is 6.93. The molecule has 0 aromatic heterocycles. The second-order valence-electron chi connectivity index (χ2n) is 3.61. The lowest BCUT2D eigenvalue weighted by Gasteiger charge is -2.22. The lowest BCUT2D eigenvalue weighted by atomic mass is 10.2. The maximum atomic E-state index is 5.63. The standard InChI is InChI=1S/C10H20BrO2P/c11-14-9-5-1-3-7-12-10-6-2-4-8-13-10/h10,14H,1-9H2. The van der Waals surface area contributed by atoms with Crippen molar-refractivity contribution in [1.82, 2.24) is 0 Å². The number of unbranched alkanes of at least 4 members (excludes halogenated alkanes) is 2. The Labute approximate surface area is 96.6 Å². The van der Waals surface area contributed by atoms with Gasteiger partial charge in [-0.2, -0.15) is 0 Å². The van der Waals surface area contributed by atoms with Crippen LogP contribution in [0.5, 0.6) is 0 Å². The molecule has 2 unspecified atom stereocenters. The van der Waals surface area contributed by atoms with Crippen LogP contribution in [0.3, 0.4) is 0 Å². The van der Waals surface area contributed by atoms with Crippen molar-refractivity contribution in [3.8, 4) is 0 Å². The molecule has 1 saturated heterocycles. The molecule has 0 spiro atoms. The second-order valence-corrected chi connectivity index (χ2v) is 6.06. The topological polar surface area (TPSA) is 18.5 Å². The van der Waals surface area contributed by atoms with Crippen LogP contribution in [-0.4, -0.2) is 25.7 Å². The fourth-order valence-electron chi connectivity index (χ4n) is 1.53. The Morgan fingerprint density at radius 3 is 2.93 bits per heavy atom. The first-order valence-electron chi connectivity index (χ1n) is 5.50. The molecular weight excluding hydrogens is 263 g/mol. The second kappa shape index (κ2) is 9.08. The van der Waals surface area contributed by atoms with Gasteiger partial charge in [-0.25, -0.2) is 0 Å². The Hall–Kier alpha value is 0.830. The van der Waals surface area contributed by atoms with Gasteiger partial charge in [0.2, 0.25) is 0 Å². The van der Waals surface area contributed by atoms with Gasteiger partial charge < -0.3 is 9.47 Å². The summed E-state index contributed by atoms with van der Waals surface area (Å²) in [7, 11) is 0.921. The van der Waals surface area contributed by atoms with Crippen molar-refractivity contribution in [3.63, 3.8) is 0 Å². The van der Waals surface area contributed by atoms with Crippen molar-refractivity contribution in [3.05, 3.63) is 0 Å². The highest BCUT2D eigenvalue weighted by Gasteiger charge is 2.12. The first kappa shape index (κ1) is 12.9. The smallest absolute Gasteiger partial charge is 0.157 e. The van der Waals surface area contributed by atoms with Crippen molar-refractivity contribution in [2.24, 2.45) is 0 Å². The minimum Gasteiger partial charge on any atom is -0.353 e. The molecule has 0 N–H and O–H groups in total. The highest BCUT2D eigenvalue weighted by Crippen LogP contribution is 2.21. The molecule has 0 bridgehead atoms. The van der Waals surface area contributed by atoms with Crippen LogP contribution in [0.1, 0.15) is 38.5 Å². The summed E-state index contributed by atoms with van der Waals surface area (Å²) in [6.07, 6.45) is 8.73. The predicted molar refractivity (Wildman–Crippen MR) is 65.5 cm³/mol. The maximum absolute atomic E-state index is 5.63. The van der Waals surface area contributed by atoms with Crippen LogP contribution in [0.15, 0.2) is 0 Å². The summed E-state index contributed by atoms with van der Waals surface area (Å²) < 4.78 is 11.1. The molecular formula is C10H20BrO2P. The number of halogens is 1. The fourth-order valence-corrected chi connectivity index (χ4v) is 2.75. The summed E-state index contributed by atoms with van der Waals surface area (Å²) in [4.78, 5) is 0. The fraction of sp³-hybridized carbons (Fsp3) is 1.00. The molecule has 0 radical (unpaired) electrons. The van der Waals surface area contributed by atoms with E-state index in [4.69, 9.17) is 9.47 Å². The Morgan fingerprint density at radius 1 is 1.29 bits per heavy atom. The molecule has 84 valence electrons. The van der Waals surface area contributed by atoms with Crippen molar-refractivity contribution in [2.45, 2.75) is 44.8 Å². The summed E-state index contributed by atoms with van der Waals surface area (Å²) in [5.41, 5.74) is 0. The first-order valence-corrected chi connectivity index (χ1v) is 8.96. The average Bonchev–Trinajstić information content (AvgIpc) is 2.25. The van der Waals surface area contributed by atoms with Crippen molar-refractivity contribution in [1.29, 1.82) is 0 Å². The van der Waals surface area contributed by atoms with Gasteiger partial charge in [0.1, 0.15) is 0 Å². The molecule has 1 heterocycles. The largest absolute Gasteiger partial charge is 0.353 e. The van der Waals surface area contributed by atoms with E-state index in [1.165, 1.54) is 38.3 Å². The average molecular weight is 283 g/mol. The Morgan fingerprint density at radius 2 is 2.21 bits per heavy atom. The molecule has 0 aromatic rings. The van der Waals surface area contributed by atoms with Crippen LogP contribution in [0.4, 0.5) is 0 Å². The van der Waals surface area contributed by atoms with Crippen molar-refractivity contribution < 1.29 is 9.47 Å². The van der Waals surface area contributed by atoms with E-state index in [2.05, 4.69) is 15.5 Å². The van der Waals surface area contributed by atoms with Gasteiger partial charge in [-0.15, -0.1) is 0 Å². The van der Waals surface area contributed by atoms with Gasteiger partial charge in [0.25, 0.3) is 0 Å². The molecule has 1 aliphatic heterocycles. The quantitative estimate of drug-likeness (QED) is 0.524. The minimum absolute atomic E-state index is 0.0989. The molecule has 0 amide bonds. The van der Waals surface area contributed by atoms with Gasteiger partial charge in [0, 0.05) is 13.2 Å².